The number of nitrogens with zero attached hydrogens (tertiary/aromatic N) is 1. The maximum absolute atomic E-state index is 12.0. The molecular weight excluding hydrogens is 285 g/mol. The second kappa shape index (κ2) is 9.81. The van der Waals surface area contributed by atoms with Gasteiger partial charge in [-0.05, 0) is 45.3 Å². The lowest BCUT2D eigenvalue weighted by Gasteiger charge is -2.26. The zero-order valence-corrected chi connectivity index (χ0v) is 13.3. The number of rotatable bonds is 4. The van der Waals surface area contributed by atoms with Crippen LogP contribution in [0.2, 0.25) is 0 Å². The van der Waals surface area contributed by atoms with Crippen LogP contribution in [0.3, 0.4) is 0 Å². The van der Waals surface area contributed by atoms with E-state index in [-0.39, 0.29) is 36.8 Å². The molecule has 2 unspecified atom stereocenters. The highest BCUT2D eigenvalue weighted by atomic mass is 35.5. The first kappa shape index (κ1) is 19.0. The highest BCUT2D eigenvalue weighted by Gasteiger charge is 2.25. The number of hydrogen-bond acceptors (Lipinski definition) is 3. The Morgan fingerprint density at radius 3 is 2.68 bits per heavy atom. The molecule has 1 amide bonds. The lowest BCUT2D eigenvalue weighted by atomic mass is 10.0. The third kappa shape index (κ3) is 5.46. The predicted octanol–water partition coefficient (Wildman–Crippen LogP) is 1.57. The molecule has 2 atom stereocenters. The highest BCUT2D eigenvalue weighted by Crippen LogP contribution is 2.15. The summed E-state index contributed by atoms with van der Waals surface area (Å²) in [5.74, 6) is 0.202. The lowest BCUT2D eigenvalue weighted by Crippen LogP contribution is -2.49. The van der Waals surface area contributed by atoms with Crippen LogP contribution in [0.5, 0.6) is 0 Å². The first-order valence-electron chi connectivity index (χ1n) is 7.06. The smallest absolute Gasteiger partial charge is 0.237 e. The Kier molecular flexibility index (Phi) is 9.79. The molecule has 2 rings (SSSR count). The van der Waals surface area contributed by atoms with Crippen molar-refractivity contribution in [3.8, 4) is 0 Å². The van der Waals surface area contributed by atoms with Gasteiger partial charge in [0.1, 0.15) is 0 Å². The van der Waals surface area contributed by atoms with Crippen molar-refractivity contribution in [2.24, 2.45) is 0 Å². The molecule has 2 heterocycles. The molecule has 2 saturated heterocycles. The molecule has 2 fully saturated rings. The monoisotopic (exact) mass is 311 g/mol. The van der Waals surface area contributed by atoms with Crippen molar-refractivity contribution in [2.45, 2.75) is 51.1 Å². The van der Waals surface area contributed by atoms with Crippen LogP contribution in [0.4, 0.5) is 0 Å². The van der Waals surface area contributed by atoms with Crippen LogP contribution >= 0.6 is 24.8 Å². The fourth-order valence-corrected chi connectivity index (χ4v) is 2.96. The Morgan fingerprint density at radius 2 is 2.05 bits per heavy atom. The van der Waals surface area contributed by atoms with E-state index >= 15 is 0 Å². The van der Waals surface area contributed by atoms with Crippen molar-refractivity contribution < 1.29 is 4.79 Å². The van der Waals surface area contributed by atoms with Crippen molar-refractivity contribution in [1.29, 1.82) is 0 Å². The number of halogens is 2. The summed E-state index contributed by atoms with van der Waals surface area (Å²) in [6.45, 7) is 6.30. The van der Waals surface area contributed by atoms with Gasteiger partial charge in [-0.2, -0.15) is 0 Å². The van der Waals surface area contributed by atoms with E-state index in [4.69, 9.17) is 0 Å². The number of carbonyl (C=O) groups excluding carboxylic acids is 1. The van der Waals surface area contributed by atoms with Gasteiger partial charge in [-0.15, -0.1) is 24.8 Å². The summed E-state index contributed by atoms with van der Waals surface area (Å²) in [7, 11) is 0. The summed E-state index contributed by atoms with van der Waals surface area (Å²) < 4.78 is 0. The Morgan fingerprint density at radius 1 is 1.26 bits per heavy atom. The quantitative estimate of drug-likeness (QED) is 0.828. The Bertz CT molecular complexity index is 260. The van der Waals surface area contributed by atoms with E-state index in [0.29, 0.717) is 6.04 Å². The summed E-state index contributed by atoms with van der Waals surface area (Å²) in [5.41, 5.74) is 0. The summed E-state index contributed by atoms with van der Waals surface area (Å²) >= 11 is 0. The molecule has 0 spiro atoms. The zero-order chi connectivity index (χ0) is 12.1. The molecule has 2 aliphatic rings. The molecule has 0 aromatic rings. The van der Waals surface area contributed by atoms with Crippen molar-refractivity contribution in [2.75, 3.05) is 26.2 Å². The number of nitrogens with one attached hydrogen (secondary N) is 2. The number of likely N-dealkylation sites (N-methyl/N-ethyl adjacent to an activating group) is 1. The standard InChI is InChI=1S/C13H25N3O.2ClH/c1-2-16-9-5-6-11(16)10-15-13(17)12-7-3-4-8-14-12;;/h11-12,14H,2-10H2,1H3,(H,15,17);2*1H. The van der Waals surface area contributed by atoms with Gasteiger partial charge in [-0.25, -0.2) is 0 Å². The first-order valence-corrected chi connectivity index (χ1v) is 7.06. The molecule has 0 bridgehead atoms. The highest BCUT2D eigenvalue weighted by molar-refractivity contribution is 5.85. The van der Waals surface area contributed by atoms with E-state index in [2.05, 4.69) is 22.5 Å². The molecule has 6 heteroatoms. The van der Waals surface area contributed by atoms with Crippen molar-refractivity contribution >= 4 is 30.7 Å². The van der Waals surface area contributed by atoms with Crippen LogP contribution in [-0.4, -0.2) is 49.1 Å². The minimum atomic E-state index is 0. The molecule has 0 aromatic heterocycles. The summed E-state index contributed by atoms with van der Waals surface area (Å²) in [6.07, 6.45) is 5.88. The van der Waals surface area contributed by atoms with Gasteiger partial charge in [0.15, 0.2) is 0 Å². The van der Waals surface area contributed by atoms with Crippen molar-refractivity contribution in [3.63, 3.8) is 0 Å². The summed E-state index contributed by atoms with van der Waals surface area (Å²) in [6, 6.07) is 0.618. The van der Waals surface area contributed by atoms with Gasteiger partial charge < -0.3 is 10.6 Å². The largest absolute Gasteiger partial charge is 0.353 e. The molecule has 0 aliphatic carbocycles. The molecule has 2 aliphatic heterocycles. The third-order valence-electron chi connectivity index (χ3n) is 4.04. The second-order valence-corrected chi connectivity index (χ2v) is 5.17. The van der Waals surface area contributed by atoms with E-state index < -0.39 is 0 Å². The normalized spacial score (nSPS) is 27.2. The van der Waals surface area contributed by atoms with Gasteiger partial charge in [0.05, 0.1) is 6.04 Å². The minimum Gasteiger partial charge on any atom is -0.353 e. The average Bonchev–Trinajstić information content (AvgIpc) is 2.84. The molecule has 114 valence electrons. The lowest BCUT2D eigenvalue weighted by molar-refractivity contribution is -0.123. The van der Waals surface area contributed by atoms with Crippen LogP contribution in [0, 0.1) is 0 Å². The molecule has 0 aromatic carbocycles. The fourth-order valence-electron chi connectivity index (χ4n) is 2.96. The first-order chi connectivity index (χ1) is 8.31. The van der Waals surface area contributed by atoms with Gasteiger partial charge in [0.25, 0.3) is 0 Å². The summed E-state index contributed by atoms with van der Waals surface area (Å²) in [5, 5.41) is 6.41. The minimum absolute atomic E-state index is 0. The molecule has 19 heavy (non-hydrogen) atoms. The zero-order valence-electron chi connectivity index (χ0n) is 11.7. The topological polar surface area (TPSA) is 44.4 Å². The van der Waals surface area contributed by atoms with Crippen LogP contribution in [0.15, 0.2) is 0 Å². The fraction of sp³-hybridized carbons (Fsp3) is 0.923. The van der Waals surface area contributed by atoms with Gasteiger partial charge in [-0.1, -0.05) is 13.3 Å². The SMILES string of the molecule is CCN1CCCC1CNC(=O)C1CCCCN1.Cl.Cl. The molecule has 4 nitrogen and oxygen atoms in total. The molecule has 0 saturated carbocycles. The maximum Gasteiger partial charge on any atom is 0.237 e. The average molecular weight is 312 g/mol. The molecular formula is C13H27Cl2N3O. The molecule has 2 N–H and O–H groups in total. The Hall–Kier alpha value is -0.0300. The molecule has 0 radical (unpaired) electrons. The van der Waals surface area contributed by atoms with E-state index in [9.17, 15) is 4.79 Å². The predicted molar refractivity (Wildman–Crippen MR) is 83.4 cm³/mol. The van der Waals surface area contributed by atoms with Gasteiger partial charge in [0, 0.05) is 12.6 Å². The Labute approximate surface area is 128 Å². The van der Waals surface area contributed by atoms with E-state index in [1.165, 1.54) is 32.2 Å². The van der Waals surface area contributed by atoms with Crippen molar-refractivity contribution in [1.82, 2.24) is 15.5 Å². The van der Waals surface area contributed by atoms with Crippen molar-refractivity contribution in [3.05, 3.63) is 0 Å². The number of likely N-dealkylation sites (tertiary alicyclic amines) is 1. The van der Waals surface area contributed by atoms with Gasteiger partial charge in [0.2, 0.25) is 5.91 Å². The number of amides is 1. The Balaban J connectivity index is 0.00000162. The summed E-state index contributed by atoms with van der Waals surface area (Å²) in [4.78, 5) is 14.4. The van der Waals surface area contributed by atoms with Gasteiger partial charge >= 0.3 is 0 Å². The van der Waals surface area contributed by atoms with E-state index in [1.54, 1.807) is 0 Å². The van der Waals surface area contributed by atoms with Crippen LogP contribution in [0.25, 0.3) is 0 Å². The van der Waals surface area contributed by atoms with Crippen LogP contribution in [-0.2, 0) is 4.79 Å². The van der Waals surface area contributed by atoms with Gasteiger partial charge in [-0.3, -0.25) is 9.69 Å². The van der Waals surface area contributed by atoms with E-state index in [0.717, 1.165) is 26.1 Å². The third-order valence-corrected chi connectivity index (χ3v) is 4.04. The second-order valence-electron chi connectivity index (χ2n) is 5.17. The number of hydrogen-bond donors (Lipinski definition) is 2. The number of piperidine rings is 1. The van der Waals surface area contributed by atoms with E-state index in [1.807, 2.05) is 0 Å². The number of carbonyl (C=O) groups is 1. The van der Waals surface area contributed by atoms with Crippen LogP contribution < -0.4 is 10.6 Å². The van der Waals surface area contributed by atoms with Crippen LogP contribution in [0.1, 0.15) is 39.0 Å². The maximum atomic E-state index is 12.0.